The van der Waals surface area contributed by atoms with E-state index in [-0.39, 0.29) is 23.9 Å². The summed E-state index contributed by atoms with van der Waals surface area (Å²) in [6.07, 6.45) is 2.07. The Labute approximate surface area is 188 Å². The predicted octanol–water partition coefficient (Wildman–Crippen LogP) is 3.13. The molecule has 0 unspecified atom stereocenters. The highest BCUT2D eigenvalue weighted by Crippen LogP contribution is 2.40. The maximum Gasteiger partial charge on any atom is 0.322 e. The molecule has 1 aliphatic heterocycles. The van der Waals surface area contributed by atoms with Crippen LogP contribution in [-0.4, -0.2) is 53.0 Å². The summed E-state index contributed by atoms with van der Waals surface area (Å²) < 4.78 is 18.8. The second kappa shape index (κ2) is 9.20. The topological polar surface area (TPSA) is 109 Å². The molecule has 1 fully saturated rings. The second-order valence-electron chi connectivity index (χ2n) is 8.44. The van der Waals surface area contributed by atoms with Crippen molar-refractivity contribution in [1.82, 2.24) is 24.9 Å². The Balaban J connectivity index is 1.80. The number of benzene rings is 1. The molecule has 1 aromatic carbocycles. The normalized spacial score (nSPS) is 17.5. The fourth-order valence-electron chi connectivity index (χ4n) is 4.36. The van der Waals surface area contributed by atoms with Crippen molar-refractivity contribution >= 4 is 11.6 Å². The molecule has 0 aliphatic carbocycles. The Hall–Kier alpha value is -3.07. The minimum absolute atomic E-state index is 0.0375. The number of ether oxygens (including phenoxy) is 3. The Bertz CT molecular complexity index is 1090. The van der Waals surface area contributed by atoms with Crippen LogP contribution in [0, 0.1) is 0 Å². The number of fused-ring (bicyclic) bond motifs is 1. The lowest BCUT2D eigenvalue weighted by Gasteiger charge is -2.22. The molecule has 0 amide bonds. The molecule has 3 aromatic rings. The molecule has 4 rings (SSSR count). The first kappa shape index (κ1) is 22.1. The van der Waals surface area contributed by atoms with Gasteiger partial charge in [0.25, 0.3) is 0 Å². The number of hydrogen-bond acceptors (Lipinski definition) is 8. The van der Waals surface area contributed by atoms with Gasteiger partial charge in [0.1, 0.15) is 6.10 Å². The van der Waals surface area contributed by atoms with Gasteiger partial charge in [-0.3, -0.25) is 0 Å². The zero-order chi connectivity index (χ0) is 22.8. The maximum absolute atomic E-state index is 6.29. The smallest absolute Gasteiger partial charge is 0.322 e. The number of nitrogen functional groups attached to an aromatic ring is 1. The van der Waals surface area contributed by atoms with E-state index in [1.807, 2.05) is 18.2 Å². The summed E-state index contributed by atoms with van der Waals surface area (Å²) in [4.78, 5) is 9.10. The van der Waals surface area contributed by atoms with Gasteiger partial charge in [-0.05, 0) is 31.4 Å². The summed E-state index contributed by atoms with van der Waals surface area (Å²) >= 11 is 0. The number of nitrogens with two attached hydrogens (primary N) is 1. The first-order valence-electron chi connectivity index (χ1n) is 11.1. The Morgan fingerprint density at radius 1 is 1.16 bits per heavy atom. The van der Waals surface area contributed by atoms with Gasteiger partial charge in [0, 0.05) is 23.6 Å². The van der Waals surface area contributed by atoms with Gasteiger partial charge in [-0.1, -0.05) is 32.9 Å². The van der Waals surface area contributed by atoms with Gasteiger partial charge < -0.3 is 25.3 Å². The third-order valence-corrected chi connectivity index (χ3v) is 5.97. The molecule has 9 heteroatoms. The van der Waals surface area contributed by atoms with Crippen molar-refractivity contribution in [2.24, 2.45) is 0 Å². The van der Waals surface area contributed by atoms with E-state index >= 15 is 0 Å². The lowest BCUT2D eigenvalue weighted by atomic mass is 9.90. The lowest BCUT2D eigenvalue weighted by Crippen LogP contribution is -2.37. The number of nitrogens with zero attached hydrogens (tertiary/aromatic N) is 4. The number of methoxy groups -OCH3 is 2. The van der Waals surface area contributed by atoms with Gasteiger partial charge in [0.2, 0.25) is 5.95 Å². The van der Waals surface area contributed by atoms with Crippen molar-refractivity contribution in [1.29, 1.82) is 0 Å². The third-order valence-electron chi connectivity index (χ3n) is 5.97. The highest BCUT2D eigenvalue weighted by molar-refractivity contribution is 5.59. The van der Waals surface area contributed by atoms with E-state index in [0.717, 1.165) is 42.8 Å². The van der Waals surface area contributed by atoms with Crippen molar-refractivity contribution in [2.45, 2.75) is 51.6 Å². The van der Waals surface area contributed by atoms with Gasteiger partial charge in [-0.2, -0.15) is 19.6 Å². The molecule has 0 radical (unpaired) electrons. The molecule has 0 bridgehead atoms. The molecule has 3 heterocycles. The van der Waals surface area contributed by atoms with Crippen LogP contribution in [0.15, 0.2) is 18.2 Å². The number of aromatic nitrogens is 4. The monoisotopic (exact) mass is 440 g/mol. The predicted molar refractivity (Wildman–Crippen MR) is 123 cm³/mol. The van der Waals surface area contributed by atoms with E-state index in [1.54, 1.807) is 18.7 Å². The summed E-state index contributed by atoms with van der Waals surface area (Å²) in [7, 11) is 3.28. The minimum Gasteiger partial charge on any atom is -0.493 e. The third kappa shape index (κ3) is 4.04. The molecule has 9 nitrogen and oxygen atoms in total. The lowest BCUT2D eigenvalue weighted by molar-refractivity contribution is 0.153. The highest BCUT2D eigenvalue weighted by atomic mass is 16.5. The summed E-state index contributed by atoms with van der Waals surface area (Å²) in [6, 6.07) is 6.16. The van der Waals surface area contributed by atoms with Crippen molar-refractivity contribution in [3.8, 4) is 17.5 Å². The Morgan fingerprint density at radius 2 is 1.97 bits per heavy atom. The van der Waals surface area contributed by atoms with Crippen molar-refractivity contribution in [3.63, 3.8) is 0 Å². The molecule has 0 saturated carbocycles. The summed E-state index contributed by atoms with van der Waals surface area (Å²) in [6.45, 7) is 8.14. The molecule has 172 valence electrons. The van der Waals surface area contributed by atoms with Gasteiger partial charge >= 0.3 is 6.01 Å². The molecule has 32 heavy (non-hydrogen) atoms. The average Bonchev–Trinajstić information content (AvgIpc) is 3.19. The van der Waals surface area contributed by atoms with Crippen molar-refractivity contribution in [3.05, 3.63) is 35.0 Å². The van der Waals surface area contributed by atoms with Crippen molar-refractivity contribution in [2.75, 3.05) is 33.0 Å². The molecule has 0 spiro atoms. The molecule has 1 aliphatic rings. The zero-order valence-corrected chi connectivity index (χ0v) is 19.4. The Kier molecular flexibility index (Phi) is 6.36. The summed E-state index contributed by atoms with van der Waals surface area (Å²) in [5.41, 5.74) is 9.85. The largest absolute Gasteiger partial charge is 0.493 e. The average molecular weight is 441 g/mol. The number of hydrogen-bond donors (Lipinski definition) is 2. The summed E-state index contributed by atoms with van der Waals surface area (Å²) in [5.74, 6) is 1.72. The van der Waals surface area contributed by atoms with E-state index < -0.39 is 0 Å². The van der Waals surface area contributed by atoms with Gasteiger partial charge in [-0.25, -0.2) is 0 Å². The number of para-hydroxylation sites is 1. The van der Waals surface area contributed by atoms with Crippen LogP contribution < -0.4 is 25.3 Å². The zero-order valence-electron chi connectivity index (χ0n) is 19.4. The quantitative estimate of drug-likeness (QED) is 0.577. The molecule has 1 saturated heterocycles. The SMILES string of the molecule is COc1cccc([C@H](C)c2nn3c(N)nc(O[C@@H]4CCCNC4)nc3c2C(C)C)c1OC. The van der Waals surface area contributed by atoms with Crippen LogP contribution in [0.3, 0.4) is 0 Å². The standard InChI is InChI=1S/C23H32N6O3/c1-13(2)18-19(14(3)16-9-6-10-17(30-4)20(16)31-5)28-29-21(18)26-23(27-22(29)24)32-15-8-7-11-25-12-15/h6,9-10,13-15,25H,7-8,11-12H2,1-5H3,(H2,24,26,27)/t14-,15+/m0/s1. The fourth-order valence-corrected chi connectivity index (χ4v) is 4.36. The van der Waals surface area contributed by atoms with E-state index in [2.05, 4.69) is 31.1 Å². The second-order valence-corrected chi connectivity index (χ2v) is 8.44. The van der Waals surface area contributed by atoms with Crippen LogP contribution in [0.1, 0.15) is 62.3 Å². The van der Waals surface area contributed by atoms with Gasteiger partial charge in [-0.15, -0.1) is 0 Å². The minimum atomic E-state index is -0.0783. The van der Waals surface area contributed by atoms with Crippen molar-refractivity contribution < 1.29 is 14.2 Å². The van der Waals surface area contributed by atoms with Gasteiger partial charge in [0.05, 0.1) is 19.9 Å². The molecular weight excluding hydrogens is 408 g/mol. The number of anilines is 1. The summed E-state index contributed by atoms with van der Waals surface area (Å²) in [5, 5.41) is 8.17. The van der Waals surface area contributed by atoms with Crippen LogP contribution >= 0.6 is 0 Å². The van der Waals surface area contributed by atoms with Crippen LogP contribution in [0.4, 0.5) is 5.95 Å². The van der Waals surface area contributed by atoms with E-state index in [9.17, 15) is 0 Å². The number of piperidine rings is 1. The van der Waals surface area contributed by atoms with E-state index in [4.69, 9.17) is 30.0 Å². The first-order valence-corrected chi connectivity index (χ1v) is 11.1. The van der Waals surface area contributed by atoms with E-state index in [0.29, 0.717) is 23.2 Å². The van der Waals surface area contributed by atoms with E-state index in [1.165, 1.54) is 0 Å². The number of rotatable bonds is 7. The van der Waals surface area contributed by atoms with Crippen LogP contribution in [0.25, 0.3) is 5.65 Å². The van der Waals surface area contributed by atoms with Crippen LogP contribution in [0.2, 0.25) is 0 Å². The molecular formula is C23H32N6O3. The van der Waals surface area contributed by atoms with Crippen LogP contribution in [-0.2, 0) is 0 Å². The number of nitrogens with one attached hydrogen (secondary N) is 1. The maximum atomic E-state index is 6.29. The molecule has 2 atom stereocenters. The Morgan fingerprint density at radius 3 is 2.62 bits per heavy atom. The molecule has 2 aromatic heterocycles. The van der Waals surface area contributed by atoms with Crippen LogP contribution in [0.5, 0.6) is 17.5 Å². The first-order chi connectivity index (χ1) is 15.4. The fraction of sp³-hybridized carbons (Fsp3) is 0.522. The highest BCUT2D eigenvalue weighted by Gasteiger charge is 2.27. The van der Waals surface area contributed by atoms with Gasteiger partial charge in [0.15, 0.2) is 17.1 Å². The molecule has 3 N–H and O–H groups in total.